The van der Waals surface area contributed by atoms with Crippen molar-refractivity contribution in [3.05, 3.63) is 30.1 Å². The quantitative estimate of drug-likeness (QED) is 0.588. The van der Waals surface area contributed by atoms with E-state index < -0.39 is 15.6 Å². The fourth-order valence-electron chi connectivity index (χ4n) is 0.806. The van der Waals surface area contributed by atoms with Gasteiger partial charge in [-0.2, -0.15) is 21.6 Å². The second-order valence-corrected chi connectivity index (χ2v) is 5.80. The smallest absolute Gasteiger partial charge is 0.279 e. The van der Waals surface area contributed by atoms with Crippen molar-refractivity contribution in [2.24, 2.45) is 0 Å². The first kappa shape index (κ1) is 16.9. The molecule has 4 nitrogen and oxygen atoms in total. The lowest BCUT2D eigenvalue weighted by molar-refractivity contribution is -0.0510. The van der Waals surface area contributed by atoms with Crippen LogP contribution < -0.4 is 0 Å². The monoisotopic (exact) mass is 285 g/mol. The summed E-state index contributed by atoms with van der Waals surface area (Å²) in [7, 11) is -5.84. The minimum absolute atomic E-state index is 0.182. The number of hydrogen-bond donors (Lipinski definition) is 1. The second-order valence-electron chi connectivity index (χ2n) is 4.39. The summed E-state index contributed by atoms with van der Waals surface area (Å²) in [6, 6.07) is 6.02. The molecule has 1 aromatic heterocycles. The van der Waals surface area contributed by atoms with Crippen molar-refractivity contribution in [2.75, 3.05) is 0 Å². The van der Waals surface area contributed by atoms with Crippen molar-refractivity contribution >= 4 is 10.1 Å². The first-order valence-electron chi connectivity index (χ1n) is 4.81. The van der Waals surface area contributed by atoms with Crippen molar-refractivity contribution in [3.8, 4) is 0 Å². The van der Waals surface area contributed by atoms with Gasteiger partial charge in [0, 0.05) is 17.3 Å². The second kappa shape index (κ2) is 5.66. The van der Waals surface area contributed by atoms with Crippen LogP contribution >= 0.6 is 0 Å². The molecule has 0 amide bonds. The van der Waals surface area contributed by atoms with Gasteiger partial charge < -0.3 is 0 Å². The molecule has 104 valence electrons. The summed E-state index contributed by atoms with van der Waals surface area (Å²) < 4.78 is 57.5. The Balaban J connectivity index is 0.000000331. The first-order chi connectivity index (χ1) is 7.86. The third kappa shape index (κ3) is 5.97. The molecular weight excluding hydrogens is 271 g/mol. The fourth-order valence-corrected chi connectivity index (χ4v) is 0.806. The van der Waals surface area contributed by atoms with Gasteiger partial charge in [0.05, 0.1) is 0 Å². The van der Waals surface area contributed by atoms with Crippen molar-refractivity contribution in [3.63, 3.8) is 0 Å². The molecule has 0 fully saturated rings. The Morgan fingerprint density at radius 2 is 1.61 bits per heavy atom. The van der Waals surface area contributed by atoms with E-state index in [9.17, 15) is 13.2 Å². The van der Waals surface area contributed by atoms with Crippen LogP contribution in [0.1, 0.15) is 26.5 Å². The maximum atomic E-state index is 10.7. The van der Waals surface area contributed by atoms with Crippen LogP contribution in [0.25, 0.3) is 0 Å². The van der Waals surface area contributed by atoms with Gasteiger partial charge in [-0.1, -0.05) is 26.8 Å². The van der Waals surface area contributed by atoms with E-state index in [4.69, 9.17) is 13.0 Å². The molecule has 0 bridgehead atoms. The molecule has 0 radical (unpaired) electrons. The standard InChI is InChI=1S/C9H13N.CHF3O3S/c1-9(2,3)8-6-4-5-7-10-8;2-1(3,4)8(5,6)7/h4-7H,1-3H3;(H,5,6,7). The molecule has 0 saturated heterocycles. The summed E-state index contributed by atoms with van der Waals surface area (Å²) in [4.78, 5) is 4.25. The van der Waals surface area contributed by atoms with E-state index in [0.717, 1.165) is 5.69 Å². The van der Waals surface area contributed by atoms with E-state index in [-0.39, 0.29) is 5.41 Å². The fraction of sp³-hybridized carbons (Fsp3) is 0.500. The number of pyridine rings is 1. The third-order valence-corrected chi connectivity index (χ3v) is 2.31. The minimum Gasteiger partial charge on any atom is -0.279 e. The maximum absolute atomic E-state index is 10.7. The van der Waals surface area contributed by atoms with Crippen LogP contribution in [-0.4, -0.2) is 23.5 Å². The van der Waals surface area contributed by atoms with Crippen molar-refractivity contribution < 1.29 is 26.1 Å². The summed E-state index contributed by atoms with van der Waals surface area (Å²) >= 11 is 0. The predicted molar refractivity (Wildman–Crippen MR) is 60.5 cm³/mol. The van der Waals surface area contributed by atoms with Crippen molar-refractivity contribution in [1.82, 2.24) is 4.98 Å². The van der Waals surface area contributed by atoms with Crippen molar-refractivity contribution in [1.29, 1.82) is 0 Å². The summed E-state index contributed by atoms with van der Waals surface area (Å²) in [5.74, 6) is 0. The van der Waals surface area contributed by atoms with Gasteiger partial charge in [0.25, 0.3) is 0 Å². The molecular formula is C10H14F3NO3S. The number of halogens is 3. The molecule has 1 rings (SSSR count). The number of aromatic nitrogens is 1. The molecule has 0 aliphatic carbocycles. The van der Waals surface area contributed by atoms with Gasteiger partial charge in [-0.05, 0) is 12.1 Å². The van der Waals surface area contributed by atoms with Gasteiger partial charge in [0.15, 0.2) is 0 Å². The Kier molecular flexibility index (Phi) is 5.30. The van der Waals surface area contributed by atoms with Crippen molar-refractivity contribution in [2.45, 2.75) is 31.7 Å². The molecule has 0 saturated carbocycles. The lowest BCUT2D eigenvalue weighted by atomic mass is 9.92. The zero-order valence-corrected chi connectivity index (χ0v) is 10.9. The zero-order chi connectivity index (χ0) is 14.6. The average molecular weight is 285 g/mol. The first-order valence-corrected chi connectivity index (χ1v) is 6.25. The molecule has 0 unspecified atom stereocenters. The molecule has 0 atom stereocenters. The van der Waals surface area contributed by atoms with E-state index in [1.165, 1.54) is 0 Å². The van der Waals surface area contributed by atoms with E-state index in [1.807, 2.05) is 18.3 Å². The largest absolute Gasteiger partial charge is 0.522 e. The molecule has 1 aromatic rings. The van der Waals surface area contributed by atoms with Crippen LogP contribution in [0.5, 0.6) is 0 Å². The van der Waals surface area contributed by atoms with Gasteiger partial charge in [-0.3, -0.25) is 9.54 Å². The molecule has 0 aliphatic heterocycles. The van der Waals surface area contributed by atoms with Crippen LogP contribution in [0, 0.1) is 0 Å². The molecule has 0 spiro atoms. The highest BCUT2D eigenvalue weighted by molar-refractivity contribution is 7.86. The topological polar surface area (TPSA) is 67.3 Å². The Bertz CT molecular complexity index is 463. The van der Waals surface area contributed by atoms with E-state index in [2.05, 4.69) is 31.8 Å². The Labute approximate surface area is 104 Å². The Morgan fingerprint density at radius 1 is 1.17 bits per heavy atom. The highest BCUT2D eigenvalue weighted by Crippen LogP contribution is 2.20. The van der Waals surface area contributed by atoms with Gasteiger partial charge >= 0.3 is 15.6 Å². The van der Waals surface area contributed by atoms with Crippen LogP contribution in [0.15, 0.2) is 24.4 Å². The van der Waals surface area contributed by atoms with Crippen LogP contribution in [0.4, 0.5) is 13.2 Å². The molecule has 0 aliphatic rings. The average Bonchev–Trinajstić information content (AvgIpc) is 2.15. The van der Waals surface area contributed by atoms with Crippen LogP contribution in [0.3, 0.4) is 0 Å². The summed E-state index contributed by atoms with van der Waals surface area (Å²) in [6.07, 6.45) is 1.83. The zero-order valence-electron chi connectivity index (χ0n) is 10.1. The highest BCUT2D eigenvalue weighted by Gasteiger charge is 2.44. The number of nitrogens with zero attached hydrogens (tertiary/aromatic N) is 1. The van der Waals surface area contributed by atoms with Crippen LogP contribution in [-0.2, 0) is 15.5 Å². The van der Waals surface area contributed by atoms with Crippen LogP contribution in [0.2, 0.25) is 0 Å². The molecule has 8 heteroatoms. The summed E-state index contributed by atoms with van der Waals surface area (Å²) in [6.45, 7) is 6.49. The van der Waals surface area contributed by atoms with Gasteiger partial charge in [0.2, 0.25) is 0 Å². The highest BCUT2D eigenvalue weighted by atomic mass is 32.2. The van der Waals surface area contributed by atoms with Gasteiger partial charge in [-0.25, -0.2) is 0 Å². The molecule has 0 aromatic carbocycles. The normalized spacial score (nSPS) is 12.6. The SMILES string of the molecule is CC(C)(C)c1ccccn1.O=S(=O)(O)C(F)(F)F. The number of hydrogen-bond acceptors (Lipinski definition) is 3. The lowest BCUT2D eigenvalue weighted by Crippen LogP contribution is -2.21. The minimum atomic E-state index is -5.84. The summed E-state index contributed by atoms with van der Waals surface area (Å²) in [5.41, 5.74) is -4.20. The molecule has 1 N–H and O–H groups in total. The Morgan fingerprint density at radius 3 is 1.78 bits per heavy atom. The van der Waals surface area contributed by atoms with Gasteiger partial charge in [-0.15, -0.1) is 0 Å². The van der Waals surface area contributed by atoms with E-state index in [0.29, 0.717) is 0 Å². The summed E-state index contributed by atoms with van der Waals surface area (Å²) in [5, 5.41) is 0. The van der Waals surface area contributed by atoms with E-state index >= 15 is 0 Å². The van der Waals surface area contributed by atoms with E-state index in [1.54, 1.807) is 0 Å². The number of alkyl halides is 3. The predicted octanol–water partition coefficient (Wildman–Crippen LogP) is 2.77. The number of rotatable bonds is 0. The Hall–Kier alpha value is -1.15. The third-order valence-electron chi connectivity index (χ3n) is 1.73. The maximum Gasteiger partial charge on any atom is 0.522 e. The van der Waals surface area contributed by atoms with Gasteiger partial charge in [0.1, 0.15) is 0 Å². The lowest BCUT2D eigenvalue weighted by Gasteiger charge is -2.16. The molecule has 1 heterocycles. The molecule has 18 heavy (non-hydrogen) atoms.